The lowest BCUT2D eigenvalue weighted by atomic mass is 10.0. The second-order valence-corrected chi connectivity index (χ2v) is 4.39. The molecule has 3 rings (SSSR count). The number of aromatic amines is 1. The number of rotatable bonds is 4. The number of tetrazole rings is 1. The second kappa shape index (κ2) is 5.92. The molecule has 1 N–H and O–H groups in total. The average molecular weight is 276 g/mol. The van der Waals surface area contributed by atoms with Crippen molar-refractivity contribution in [2.45, 2.75) is 0 Å². The summed E-state index contributed by atoms with van der Waals surface area (Å²) in [5.74, 6) is 0.459. The Morgan fingerprint density at radius 2 is 1.76 bits per heavy atom. The lowest BCUT2D eigenvalue weighted by Gasteiger charge is -2.00. The summed E-state index contributed by atoms with van der Waals surface area (Å²) >= 11 is 0. The normalized spacial score (nSPS) is 10.9. The Morgan fingerprint density at radius 3 is 2.52 bits per heavy atom. The zero-order chi connectivity index (χ0) is 14.5. The fourth-order valence-corrected chi connectivity index (χ4v) is 1.99. The molecule has 3 aromatic rings. The van der Waals surface area contributed by atoms with Crippen molar-refractivity contribution in [3.63, 3.8) is 0 Å². The highest BCUT2D eigenvalue weighted by atomic mass is 16.1. The molecule has 5 heteroatoms. The van der Waals surface area contributed by atoms with Gasteiger partial charge in [-0.3, -0.25) is 4.79 Å². The van der Waals surface area contributed by atoms with Crippen LogP contribution in [0.3, 0.4) is 0 Å². The van der Waals surface area contributed by atoms with E-state index in [9.17, 15) is 4.79 Å². The summed E-state index contributed by atoms with van der Waals surface area (Å²) < 4.78 is 0. The Hall–Kier alpha value is -3.08. The van der Waals surface area contributed by atoms with Gasteiger partial charge in [-0.1, -0.05) is 60.7 Å². The van der Waals surface area contributed by atoms with E-state index in [1.807, 2.05) is 42.5 Å². The van der Waals surface area contributed by atoms with Crippen molar-refractivity contribution in [3.8, 4) is 11.4 Å². The molecule has 21 heavy (non-hydrogen) atoms. The Bertz CT molecular complexity index is 764. The van der Waals surface area contributed by atoms with Crippen LogP contribution in [-0.2, 0) is 0 Å². The van der Waals surface area contributed by atoms with Crippen molar-refractivity contribution in [2.75, 3.05) is 0 Å². The van der Waals surface area contributed by atoms with Crippen LogP contribution in [0.5, 0.6) is 0 Å². The number of allylic oxidation sites excluding steroid dienone is 1. The van der Waals surface area contributed by atoms with Gasteiger partial charge in [0.2, 0.25) is 5.82 Å². The van der Waals surface area contributed by atoms with Gasteiger partial charge in [-0.15, -0.1) is 10.2 Å². The zero-order valence-corrected chi connectivity index (χ0v) is 11.1. The van der Waals surface area contributed by atoms with E-state index >= 15 is 0 Å². The van der Waals surface area contributed by atoms with E-state index < -0.39 is 0 Å². The first-order chi connectivity index (χ1) is 10.3. The van der Waals surface area contributed by atoms with Crippen LogP contribution in [0.25, 0.3) is 17.5 Å². The number of hydrogen-bond donors (Lipinski definition) is 1. The van der Waals surface area contributed by atoms with Crippen LogP contribution in [0.15, 0.2) is 60.7 Å². The minimum Gasteiger partial charge on any atom is -0.289 e. The van der Waals surface area contributed by atoms with Crippen LogP contribution in [0.2, 0.25) is 0 Å². The largest absolute Gasteiger partial charge is 0.289 e. The minimum absolute atomic E-state index is 0.0430. The summed E-state index contributed by atoms with van der Waals surface area (Å²) in [5.41, 5.74) is 2.34. The predicted octanol–water partition coefficient (Wildman–Crippen LogP) is 2.76. The number of ketones is 1. The molecule has 1 aromatic heterocycles. The molecule has 0 spiro atoms. The van der Waals surface area contributed by atoms with Crippen molar-refractivity contribution in [1.82, 2.24) is 20.6 Å². The smallest absolute Gasteiger partial charge is 0.205 e. The van der Waals surface area contributed by atoms with Gasteiger partial charge in [-0.25, -0.2) is 0 Å². The highest BCUT2D eigenvalue weighted by Gasteiger charge is 2.07. The van der Waals surface area contributed by atoms with Crippen LogP contribution in [0.4, 0.5) is 0 Å². The first kappa shape index (κ1) is 12.9. The first-order valence-corrected chi connectivity index (χ1v) is 6.45. The molecule has 102 valence electrons. The molecule has 0 aliphatic rings. The molecule has 0 amide bonds. The van der Waals surface area contributed by atoms with Gasteiger partial charge >= 0.3 is 0 Å². The molecule has 0 fully saturated rings. The average Bonchev–Trinajstić information content (AvgIpc) is 3.08. The summed E-state index contributed by atoms with van der Waals surface area (Å²) in [6.07, 6.45) is 3.31. The summed E-state index contributed by atoms with van der Waals surface area (Å²) in [7, 11) is 0. The minimum atomic E-state index is -0.0430. The zero-order valence-electron chi connectivity index (χ0n) is 11.1. The molecule has 0 radical (unpaired) electrons. The number of carbonyl (C=O) groups excluding carboxylic acids is 1. The number of H-pyrrole nitrogens is 1. The van der Waals surface area contributed by atoms with Crippen molar-refractivity contribution >= 4 is 11.9 Å². The Kier molecular flexibility index (Phi) is 3.64. The van der Waals surface area contributed by atoms with E-state index in [0.717, 1.165) is 11.1 Å². The monoisotopic (exact) mass is 276 g/mol. The topological polar surface area (TPSA) is 71.5 Å². The number of hydrogen-bond acceptors (Lipinski definition) is 4. The Labute approximate surface area is 121 Å². The van der Waals surface area contributed by atoms with Crippen LogP contribution in [0.1, 0.15) is 15.9 Å². The molecular weight excluding hydrogens is 264 g/mol. The van der Waals surface area contributed by atoms with Crippen molar-refractivity contribution in [2.24, 2.45) is 0 Å². The van der Waals surface area contributed by atoms with Crippen LogP contribution >= 0.6 is 0 Å². The van der Waals surface area contributed by atoms with E-state index in [0.29, 0.717) is 11.4 Å². The lowest BCUT2D eigenvalue weighted by molar-refractivity contribution is 0.104. The highest BCUT2D eigenvalue weighted by molar-refractivity contribution is 6.07. The molecular formula is C16H12N4O. The number of nitrogens with one attached hydrogen (secondary N) is 1. The molecule has 0 unspecified atom stereocenters. The van der Waals surface area contributed by atoms with Crippen LogP contribution in [-0.4, -0.2) is 26.4 Å². The Morgan fingerprint density at radius 1 is 1.00 bits per heavy atom. The number of benzene rings is 2. The van der Waals surface area contributed by atoms with Gasteiger partial charge in [0.15, 0.2) is 5.78 Å². The maximum atomic E-state index is 12.1. The third-order valence-electron chi connectivity index (χ3n) is 3.02. The molecule has 0 bridgehead atoms. The standard InChI is InChI=1S/C16H12N4O/c21-15(13-7-2-1-3-8-13)11-10-12-6-4-5-9-14(12)16-17-19-20-18-16/h1-11H,(H,17,18,19,20)/b11-10+. The maximum Gasteiger partial charge on any atom is 0.205 e. The fourth-order valence-electron chi connectivity index (χ4n) is 1.99. The molecule has 0 saturated heterocycles. The van der Waals surface area contributed by atoms with E-state index in [1.165, 1.54) is 0 Å². The van der Waals surface area contributed by atoms with Gasteiger partial charge < -0.3 is 0 Å². The van der Waals surface area contributed by atoms with E-state index in [4.69, 9.17) is 0 Å². The van der Waals surface area contributed by atoms with E-state index in [1.54, 1.807) is 24.3 Å². The van der Waals surface area contributed by atoms with Gasteiger partial charge in [-0.2, -0.15) is 5.21 Å². The van der Waals surface area contributed by atoms with Gasteiger partial charge in [0.05, 0.1) is 0 Å². The molecule has 0 aliphatic carbocycles. The molecule has 0 aliphatic heterocycles. The molecule has 0 atom stereocenters. The lowest BCUT2D eigenvalue weighted by Crippen LogP contribution is -1.93. The van der Waals surface area contributed by atoms with E-state index in [2.05, 4.69) is 20.6 Å². The first-order valence-electron chi connectivity index (χ1n) is 6.45. The van der Waals surface area contributed by atoms with Crippen molar-refractivity contribution < 1.29 is 4.79 Å². The van der Waals surface area contributed by atoms with Gasteiger partial charge in [-0.05, 0) is 16.9 Å². The maximum absolute atomic E-state index is 12.1. The third kappa shape index (κ3) is 2.92. The molecule has 0 saturated carbocycles. The van der Waals surface area contributed by atoms with E-state index in [-0.39, 0.29) is 5.78 Å². The molecule has 5 nitrogen and oxygen atoms in total. The fraction of sp³-hybridized carbons (Fsp3) is 0. The van der Waals surface area contributed by atoms with Gasteiger partial charge in [0.1, 0.15) is 0 Å². The highest BCUT2D eigenvalue weighted by Crippen LogP contribution is 2.20. The summed E-state index contributed by atoms with van der Waals surface area (Å²) in [6.45, 7) is 0. The molecule has 2 aromatic carbocycles. The number of aromatic nitrogens is 4. The summed E-state index contributed by atoms with van der Waals surface area (Å²) in [4.78, 5) is 12.1. The number of nitrogens with zero attached hydrogens (tertiary/aromatic N) is 3. The summed E-state index contributed by atoms with van der Waals surface area (Å²) in [6, 6.07) is 16.7. The van der Waals surface area contributed by atoms with Gasteiger partial charge in [0.25, 0.3) is 0 Å². The van der Waals surface area contributed by atoms with Crippen LogP contribution < -0.4 is 0 Å². The third-order valence-corrected chi connectivity index (χ3v) is 3.02. The van der Waals surface area contributed by atoms with Crippen LogP contribution in [0, 0.1) is 0 Å². The quantitative estimate of drug-likeness (QED) is 0.587. The Balaban J connectivity index is 1.89. The summed E-state index contributed by atoms with van der Waals surface area (Å²) in [5, 5.41) is 13.9. The van der Waals surface area contributed by atoms with Crippen molar-refractivity contribution in [3.05, 3.63) is 71.8 Å². The second-order valence-electron chi connectivity index (χ2n) is 4.39. The van der Waals surface area contributed by atoms with Gasteiger partial charge in [0, 0.05) is 11.1 Å². The predicted molar refractivity (Wildman–Crippen MR) is 79.4 cm³/mol. The molecule has 1 heterocycles. The van der Waals surface area contributed by atoms with Crippen molar-refractivity contribution in [1.29, 1.82) is 0 Å². The number of carbonyl (C=O) groups is 1. The SMILES string of the molecule is O=C(/C=C/c1ccccc1-c1nn[nH]n1)c1ccccc1.